The van der Waals surface area contributed by atoms with Crippen LogP contribution in [0.25, 0.3) is 0 Å². The van der Waals surface area contributed by atoms with Gasteiger partial charge in [-0.1, -0.05) is 54.6 Å². The van der Waals surface area contributed by atoms with E-state index in [9.17, 15) is 9.90 Å². The van der Waals surface area contributed by atoms with E-state index < -0.39 is 11.0 Å². The van der Waals surface area contributed by atoms with Crippen LogP contribution in [0, 0.1) is 5.92 Å². The van der Waals surface area contributed by atoms with Gasteiger partial charge in [-0.05, 0) is 49.3 Å². The van der Waals surface area contributed by atoms with Crippen LogP contribution in [0.2, 0.25) is 0 Å². The lowest BCUT2D eigenvalue weighted by Crippen LogP contribution is -2.58. The molecule has 118 valence electrons. The fourth-order valence-electron chi connectivity index (χ4n) is 4.56. The summed E-state index contributed by atoms with van der Waals surface area (Å²) in [5, 5.41) is 10.7. The summed E-state index contributed by atoms with van der Waals surface area (Å²) in [6.07, 6.45) is 2.81. The van der Waals surface area contributed by atoms with Crippen LogP contribution in [-0.2, 0) is 23.1 Å². The topological polar surface area (TPSA) is 37.3 Å². The molecule has 1 N–H and O–H groups in total. The molecule has 2 aliphatic carbocycles. The second kappa shape index (κ2) is 5.04. The van der Waals surface area contributed by atoms with Crippen LogP contribution < -0.4 is 0 Å². The molecule has 0 saturated heterocycles. The second-order valence-corrected chi connectivity index (χ2v) is 7.38. The van der Waals surface area contributed by atoms with Crippen molar-refractivity contribution in [1.29, 1.82) is 0 Å². The van der Waals surface area contributed by atoms with E-state index in [2.05, 4.69) is 24.3 Å². The summed E-state index contributed by atoms with van der Waals surface area (Å²) < 4.78 is 0. The van der Waals surface area contributed by atoms with Gasteiger partial charge in [0.05, 0.1) is 16.9 Å². The molecule has 2 bridgehead atoms. The first-order valence-electron chi connectivity index (χ1n) is 8.42. The predicted molar refractivity (Wildman–Crippen MR) is 90.3 cm³/mol. The number of carbonyl (C=O) groups is 1. The Balaban J connectivity index is 1.87. The first kappa shape index (κ1) is 14.6. The minimum absolute atomic E-state index is 0.233. The van der Waals surface area contributed by atoms with Crippen LogP contribution in [-0.4, -0.2) is 16.5 Å². The van der Waals surface area contributed by atoms with Gasteiger partial charge in [-0.2, -0.15) is 0 Å². The molecule has 1 saturated carbocycles. The summed E-state index contributed by atoms with van der Waals surface area (Å²) in [6.45, 7) is 1.83. The molecule has 0 spiro atoms. The van der Waals surface area contributed by atoms with E-state index in [-0.39, 0.29) is 11.7 Å². The standard InChI is InChI=1S/C21H22O2/c1-20(23)11-12-21(14-15-7-3-2-4-8-15)17-10-6-5-9-16(17)13-18(20)19(21)22/h2-10,18,23H,11-14H2,1H3/t18?,20?,21-/m1/s1. The Bertz CT molecular complexity index is 747. The number of hydrogen-bond donors (Lipinski definition) is 1. The highest BCUT2D eigenvalue weighted by Gasteiger charge is 2.56. The Morgan fingerprint density at radius 3 is 2.52 bits per heavy atom. The van der Waals surface area contributed by atoms with Crippen LogP contribution >= 0.6 is 0 Å². The molecule has 0 radical (unpaired) electrons. The van der Waals surface area contributed by atoms with Gasteiger partial charge in [-0.15, -0.1) is 0 Å². The Labute approximate surface area is 137 Å². The number of carbonyl (C=O) groups excluding carboxylic acids is 1. The Hall–Kier alpha value is -1.93. The van der Waals surface area contributed by atoms with Gasteiger partial charge in [-0.25, -0.2) is 0 Å². The van der Waals surface area contributed by atoms with E-state index >= 15 is 0 Å². The first-order valence-corrected chi connectivity index (χ1v) is 8.42. The maximum Gasteiger partial charge on any atom is 0.150 e. The van der Waals surface area contributed by atoms with Crippen LogP contribution in [0.3, 0.4) is 0 Å². The lowest BCUT2D eigenvalue weighted by Gasteiger charge is -2.51. The third-order valence-electron chi connectivity index (χ3n) is 5.90. The van der Waals surface area contributed by atoms with Crippen LogP contribution in [0.4, 0.5) is 0 Å². The van der Waals surface area contributed by atoms with Gasteiger partial charge in [0.1, 0.15) is 5.78 Å². The minimum atomic E-state index is -0.884. The molecule has 23 heavy (non-hydrogen) atoms. The minimum Gasteiger partial charge on any atom is -0.389 e. The molecule has 4 rings (SSSR count). The SMILES string of the molecule is CC1(O)CC[C@]2(Cc3ccccc3)C(=O)C1Cc1ccccc12. The fraction of sp³-hybridized carbons (Fsp3) is 0.381. The lowest BCUT2D eigenvalue weighted by atomic mass is 9.53. The molecule has 2 nitrogen and oxygen atoms in total. The molecule has 2 aromatic rings. The first-order chi connectivity index (χ1) is 11.0. The van der Waals surface area contributed by atoms with E-state index in [1.807, 2.05) is 37.3 Å². The average molecular weight is 306 g/mol. The van der Waals surface area contributed by atoms with Crippen molar-refractivity contribution in [2.75, 3.05) is 0 Å². The number of rotatable bonds is 2. The molecule has 2 aromatic carbocycles. The maximum atomic E-state index is 13.4. The van der Waals surface area contributed by atoms with Crippen LogP contribution in [0.1, 0.15) is 36.5 Å². The third-order valence-corrected chi connectivity index (χ3v) is 5.90. The molecule has 2 aliphatic rings. The zero-order valence-electron chi connectivity index (χ0n) is 13.5. The van der Waals surface area contributed by atoms with E-state index in [1.165, 1.54) is 16.7 Å². The van der Waals surface area contributed by atoms with E-state index in [0.717, 1.165) is 12.8 Å². The third kappa shape index (κ3) is 2.16. The Morgan fingerprint density at radius 1 is 1.04 bits per heavy atom. The molecule has 0 amide bonds. The van der Waals surface area contributed by atoms with Gasteiger partial charge in [0.25, 0.3) is 0 Å². The number of fused-ring (bicyclic) bond motifs is 4. The van der Waals surface area contributed by atoms with Gasteiger partial charge in [0.15, 0.2) is 0 Å². The summed E-state index contributed by atoms with van der Waals surface area (Å²) in [5.74, 6) is -0.0498. The van der Waals surface area contributed by atoms with E-state index in [0.29, 0.717) is 12.8 Å². The van der Waals surface area contributed by atoms with Crippen molar-refractivity contribution in [2.24, 2.45) is 5.92 Å². The van der Waals surface area contributed by atoms with Gasteiger partial charge < -0.3 is 5.11 Å². The maximum absolute atomic E-state index is 13.4. The number of aliphatic hydroxyl groups is 1. The van der Waals surface area contributed by atoms with Gasteiger partial charge >= 0.3 is 0 Å². The highest BCUT2D eigenvalue weighted by molar-refractivity contribution is 5.96. The van der Waals surface area contributed by atoms with Gasteiger partial charge in [-0.3, -0.25) is 4.79 Å². The molecular weight excluding hydrogens is 284 g/mol. The van der Waals surface area contributed by atoms with Crippen molar-refractivity contribution in [2.45, 2.75) is 43.6 Å². The summed E-state index contributed by atoms with van der Waals surface area (Å²) >= 11 is 0. The van der Waals surface area contributed by atoms with Gasteiger partial charge in [0.2, 0.25) is 0 Å². The quantitative estimate of drug-likeness (QED) is 0.922. The summed E-state index contributed by atoms with van der Waals surface area (Å²) in [5.41, 5.74) is 2.25. The second-order valence-electron chi connectivity index (χ2n) is 7.38. The van der Waals surface area contributed by atoms with Gasteiger partial charge in [0, 0.05) is 0 Å². The number of benzene rings is 2. The van der Waals surface area contributed by atoms with Crippen molar-refractivity contribution >= 4 is 5.78 Å². The molecule has 2 heteroatoms. The lowest BCUT2D eigenvalue weighted by molar-refractivity contribution is -0.146. The van der Waals surface area contributed by atoms with Crippen LogP contribution in [0.15, 0.2) is 54.6 Å². The van der Waals surface area contributed by atoms with Crippen molar-refractivity contribution in [3.8, 4) is 0 Å². The zero-order valence-corrected chi connectivity index (χ0v) is 13.5. The van der Waals surface area contributed by atoms with E-state index in [1.54, 1.807) is 0 Å². The summed E-state index contributed by atoms with van der Waals surface area (Å²) in [6, 6.07) is 18.6. The van der Waals surface area contributed by atoms with Crippen molar-refractivity contribution in [3.05, 3.63) is 71.3 Å². The predicted octanol–water partition coefficient (Wildman–Crippen LogP) is 3.45. The monoisotopic (exact) mass is 306 g/mol. The highest BCUT2D eigenvalue weighted by atomic mass is 16.3. The Morgan fingerprint density at radius 2 is 1.74 bits per heavy atom. The summed E-state index contributed by atoms with van der Waals surface area (Å²) in [4.78, 5) is 13.4. The smallest absolute Gasteiger partial charge is 0.150 e. The molecule has 3 atom stereocenters. The number of Topliss-reactive ketones (excluding diaryl/α,β-unsaturated/α-hetero) is 1. The van der Waals surface area contributed by atoms with Crippen molar-refractivity contribution in [1.82, 2.24) is 0 Å². The van der Waals surface area contributed by atoms with Crippen molar-refractivity contribution < 1.29 is 9.90 Å². The van der Waals surface area contributed by atoms with E-state index in [4.69, 9.17) is 0 Å². The molecule has 0 aliphatic heterocycles. The zero-order chi connectivity index (χ0) is 16.1. The normalized spacial score (nSPS) is 32.4. The van der Waals surface area contributed by atoms with Crippen LogP contribution in [0.5, 0.6) is 0 Å². The highest BCUT2D eigenvalue weighted by Crippen LogP contribution is 2.51. The average Bonchev–Trinajstić information content (AvgIpc) is 2.55. The fourth-order valence-corrected chi connectivity index (χ4v) is 4.56. The summed E-state index contributed by atoms with van der Waals surface area (Å²) in [7, 11) is 0. The molecule has 2 unspecified atom stereocenters. The number of hydrogen-bond acceptors (Lipinski definition) is 2. The van der Waals surface area contributed by atoms with Crippen molar-refractivity contribution in [3.63, 3.8) is 0 Å². The molecule has 0 aromatic heterocycles. The largest absolute Gasteiger partial charge is 0.389 e. The Kier molecular flexibility index (Phi) is 3.21. The molecular formula is C21H22O2. The molecule has 1 fully saturated rings. The number of ketones is 1. The molecule has 0 heterocycles.